The Balaban J connectivity index is 2.40. The van der Waals surface area contributed by atoms with Crippen molar-refractivity contribution in [2.24, 2.45) is 5.16 Å². The highest BCUT2D eigenvalue weighted by molar-refractivity contribution is 5.21. The molecule has 0 aliphatic carbocycles. The summed E-state index contributed by atoms with van der Waals surface area (Å²) < 4.78 is 0. The molecule has 0 bridgehead atoms. The Kier molecular flexibility index (Phi) is 3.10. The molecule has 2 heteroatoms. The smallest absolute Gasteiger partial charge is 0.165 e. The molecule has 0 aromatic heterocycles. The zero-order valence-electron chi connectivity index (χ0n) is 3.06. The van der Waals surface area contributed by atoms with Crippen LogP contribution in [-0.4, -0.2) is 13.3 Å². The van der Waals surface area contributed by atoms with E-state index >= 15 is 0 Å². The SMILES string of the molecule is [C]=NOCC. The highest BCUT2D eigenvalue weighted by Gasteiger charge is 1.57. The van der Waals surface area contributed by atoms with Crippen LogP contribution < -0.4 is 0 Å². The molecular formula is C3H5NO. The van der Waals surface area contributed by atoms with Crippen molar-refractivity contribution in [3.63, 3.8) is 0 Å². The van der Waals surface area contributed by atoms with Crippen LogP contribution in [0, 0.1) is 0 Å². The van der Waals surface area contributed by atoms with Crippen molar-refractivity contribution < 1.29 is 4.84 Å². The Morgan fingerprint density at radius 3 is 2.60 bits per heavy atom. The third-order valence-electron chi connectivity index (χ3n) is 0.194. The van der Waals surface area contributed by atoms with Crippen LogP contribution in [0.4, 0.5) is 0 Å². The minimum absolute atomic E-state index is 0.490. The molecule has 0 aliphatic heterocycles. The van der Waals surface area contributed by atoms with Gasteiger partial charge in [0.1, 0.15) is 6.61 Å². The summed E-state index contributed by atoms with van der Waals surface area (Å²) in [7, 11) is 0. The van der Waals surface area contributed by atoms with E-state index in [1.54, 1.807) is 6.92 Å². The van der Waals surface area contributed by atoms with E-state index in [9.17, 15) is 0 Å². The van der Waals surface area contributed by atoms with Crippen molar-refractivity contribution in [2.75, 3.05) is 6.61 Å². The van der Waals surface area contributed by atoms with Gasteiger partial charge in [-0.15, -0.1) is 0 Å². The van der Waals surface area contributed by atoms with Gasteiger partial charge in [-0.3, -0.25) is 0 Å². The summed E-state index contributed by atoms with van der Waals surface area (Å²) in [6, 6.07) is 0. The predicted molar refractivity (Wildman–Crippen MR) is 19.1 cm³/mol. The zero-order chi connectivity index (χ0) is 4.12. The van der Waals surface area contributed by atoms with Crippen molar-refractivity contribution in [3.8, 4) is 0 Å². The lowest BCUT2D eigenvalue weighted by molar-refractivity contribution is 0.161. The molecule has 0 fully saturated rings. The van der Waals surface area contributed by atoms with E-state index in [2.05, 4.69) is 9.99 Å². The molecule has 0 saturated carbocycles. The van der Waals surface area contributed by atoms with Gasteiger partial charge in [-0.25, -0.2) is 0 Å². The van der Waals surface area contributed by atoms with Gasteiger partial charge < -0.3 is 4.84 Å². The molecule has 28 valence electrons. The van der Waals surface area contributed by atoms with Crippen LogP contribution in [-0.2, 0) is 4.84 Å². The number of rotatable bonds is 2. The summed E-state index contributed by atoms with van der Waals surface area (Å²) in [5.74, 6) is 0. The van der Waals surface area contributed by atoms with E-state index in [0.29, 0.717) is 6.61 Å². The molecule has 2 nitrogen and oxygen atoms in total. The molecule has 0 rings (SSSR count). The number of nitrogens with zero attached hydrogens (tertiary/aromatic N) is 1. The standard InChI is InChI=1S/C3H5NO/c1-3-5-4-2/h3H2,1H3. The van der Waals surface area contributed by atoms with Crippen LogP contribution in [0.1, 0.15) is 6.92 Å². The molecule has 0 aromatic carbocycles. The normalized spacial score (nSPS) is 6.60. The fraction of sp³-hybridized carbons (Fsp3) is 0.667. The van der Waals surface area contributed by atoms with Gasteiger partial charge in [0, 0.05) is 0 Å². The first kappa shape index (κ1) is 4.47. The van der Waals surface area contributed by atoms with Crippen LogP contribution in [0.2, 0.25) is 0 Å². The van der Waals surface area contributed by atoms with Crippen LogP contribution in [0.15, 0.2) is 5.16 Å². The molecule has 0 aliphatic rings. The third kappa shape index (κ3) is 3.47. The molecule has 0 N–H and O–H groups in total. The average Bonchev–Trinajstić information content (AvgIpc) is 1.41. The highest BCUT2D eigenvalue weighted by Crippen LogP contribution is 1.63. The topological polar surface area (TPSA) is 21.6 Å². The minimum atomic E-state index is 0.490. The summed E-state index contributed by atoms with van der Waals surface area (Å²) in [4.78, 5) is 4.12. The van der Waals surface area contributed by atoms with Crippen molar-refractivity contribution in [1.29, 1.82) is 0 Å². The Morgan fingerprint density at radius 2 is 2.60 bits per heavy atom. The Morgan fingerprint density at radius 1 is 2.00 bits per heavy atom. The van der Waals surface area contributed by atoms with Gasteiger partial charge in [0.25, 0.3) is 0 Å². The first-order chi connectivity index (χ1) is 2.41. The Bertz CT molecular complexity index is 28.1. The third-order valence-corrected chi connectivity index (χ3v) is 0.194. The number of hydrogen-bond acceptors (Lipinski definition) is 2. The molecule has 2 radical (unpaired) electrons. The maximum Gasteiger partial charge on any atom is 0.165 e. The van der Waals surface area contributed by atoms with E-state index in [0.717, 1.165) is 0 Å². The van der Waals surface area contributed by atoms with Gasteiger partial charge in [-0.1, -0.05) is 5.16 Å². The molecule has 0 amide bonds. The lowest BCUT2D eigenvalue weighted by Gasteiger charge is -1.81. The van der Waals surface area contributed by atoms with Gasteiger partial charge in [0.05, 0.1) is 0 Å². The summed E-state index contributed by atoms with van der Waals surface area (Å²) in [5, 5.41) is 2.60. The van der Waals surface area contributed by atoms with Crippen LogP contribution >= 0.6 is 0 Å². The fourth-order valence-corrected chi connectivity index (χ4v) is 0.0645. The Labute approximate surface area is 31.4 Å². The second kappa shape index (κ2) is 3.47. The molecule has 5 heavy (non-hydrogen) atoms. The molecule has 0 saturated heterocycles. The predicted octanol–water partition coefficient (Wildman–Crippen LogP) is 0.393. The highest BCUT2D eigenvalue weighted by atomic mass is 16.6. The monoisotopic (exact) mass is 71.0 g/mol. The quantitative estimate of drug-likeness (QED) is 0.341. The first-order valence-electron chi connectivity index (χ1n) is 1.40. The lowest BCUT2D eigenvalue weighted by atomic mass is 10.9. The van der Waals surface area contributed by atoms with Crippen molar-refractivity contribution in [3.05, 3.63) is 0 Å². The maximum absolute atomic E-state index is 6.01. The molecule has 0 heterocycles. The molecule has 0 unspecified atom stereocenters. The van der Waals surface area contributed by atoms with E-state index in [1.165, 1.54) is 0 Å². The van der Waals surface area contributed by atoms with Crippen molar-refractivity contribution >= 4 is 6.72 Å². The van der Waals surface area contributed by atoms with Gasteiger partial charge >= 0.3 is 0 Å². The Hall–Kier alpha value is -0.530. The van der Waals surface area contributed by atoms with Gasteiger partial charge in [0.2, 0.25) is 0 Å². The fourth-order valence-electron chi connectivity index (χ4n) is 0.0645. The van der Waals surface area contributed by atoms with Crippen LogP contribution in [0.5, 0.6) is 0 Å². The molecule has 0 atom stereocenters. The van der Waals surface area contributed by atoms with Gasteiger partial charge in [0.15, 0.2) is 6.72 Å². The largest absolute Gasteiger partial charge is 0.395 e. The minimum Gasteiger partial charge on any atom is -0.395 e. The molecule has 0 aromatic rings. The maximum atomic E-state index is 6.01. The lowest BCUT2D eigenvalue weighted by Crippen LogP contribution is -1.72. The van der Waals surface area contributed by atoms with E-state index in [1.807, 2.05) is 0 Å². The molecular weight excluding hydrogens is 66.0 g/mol. The van der Waals surface area contributed by atoms with Gasteiger partial charge in [-0.2, -0.15) is 0 Å². The second-order valence-electron chi connectivity index (χ2n) is 0.509. The molecule has 0 spiro atoms. The first-order valence-corrected chi connectivity index (χ1v) is 1.40. The average molecular weight is 71.1 g/mol. The van der Waals surface area contributed by atoms with Crippen molar-refractivity contribution in [1.82, 2.24) is 0 Å². The van der Waals surface area contributed by atoms with E-state index in [-0.39, 0.29) is 0 Å². The van der Waals surface area contributed by atoms with E-state index in [4.69, 9.17) is 6.72 Å². The van der Waals surface area contributed by atoms with Gasteiger partial charge in [-0.05, 0) is 6.92 Å². The van der Waals surface area contributed by atoms with Crippen LogP contribution in [0.25, 0.3) is 0 Å². The summed E-state index contributed by atoms with van der Waals surface area (Å²) in [5.41, 5.74) is 0. The summed E-state index contributed by atoms with van der Waals surface area (Å²) in [6.45, 7) is 8.27. The summed E-state index contributed by atoms with van der Waals surface area (Å²) >= 11 is 0. The summed E-state index contributed by atoms with van der Waals surface area (Å²) in [6.07, 6.45) is 0. The second-order valence-corrected chi connectivity index (χ2v) is 0.509. The van der Waals surface area contributed by atoms with Crippen LogP contribution in [0.3, 0.4) is 0 Å². The van der Waals surface area contributed by atoms with E-state index < -0.39 is 0 Å². The zero-order valence-corrected chi connectivity index (χ0v) is 3.06. The van der Waals surface area contributed by atoms with Crippen molar-refractivity contribution in [2.45, 2.75) is 6.92 Å². The number of hydrogen-bond donors (Lipinski definition) is 0.